The fourth-order valence-electron chi connectivity index (χ4n) is 2.87. The van der Waals surface area contributed by atoms with Crippen LogP contribution >= 0.6 is 11.3 Å². The van der Waals surface area contributed by atoms with Crippen LogP contribution in [-0.2, 0) is 13.1 Å². The van der Waals surface area contributed by atoms with Crippen LogP contribution < -0.4 is 10.1 Å². The molecule has 0 fully saturated rings. The Morgan fingerprint density at radius 3 is 2.55 bits per heavy atom. The number of hydrogen-bond donors (Lipinski definition) is 1. The average molecular weight is 404 g/mol. The van der Waals surface area contributed by atoms with E-state index in [0.29, 0.717) is 12.2 Å². The smallest absolute Gasteiger partial charge is 0.271 e. The van der Waals surface area contributed by atoms with Crippen molar-refractivity contribution < 1.29 is 9.53 Å². The van der Waals surface area contributed by atoms with Crippen molar-refractivity contribution in [2.45, 2.75) is 13.1 Å². The summed E-state index contributed by atoms with van der Waals surface area (Å²) < 4.78 is 7.18. The van der Waals surface area contributed by atoms with E-state index in [-0.39, 0.29) is 5.91 Å². The van der Waals surface area contributed by atoms with Crippen LogP contribution in [0.4, 0.5) is 0 Å². The molecule has 0 unspecified atom stereocenters. The van der Waals surface area contributed by atoms with Gasteiger partial charge in [-0.1, -0.05) is 24.3 Å². The molecule has 29 heavy (non-hydrogen) atoms. The zero-order valence-corrected chi connectivity index (χ0v) is 16.7. The number of nitrogens with zero attached hydrogens (tertiary/aromatic N) is 3. The molecule has 146 valence electrons. The number of methoxy groups -OCH3 is 1. The quantitative estimate of drug-likeness (QED) is 0.506. The minimum Gasteiger partial charge on any atom is -0.497 e. The van der Waals surface area contributed by atoms with E-state index in [4.69, 9.17) is 4.74 Å². The Morgan fingerprint density at radius 2 is 1.86 bits per heavy atom. The highest BCUT2D eigenvalue weighted by Gasteiger charge is 2.12. The van der Waals surface area contributed by atoms with Gasteiger partial charge in [-0.3, -0.25) is 4.79 Å². The number of aromatic nitrogens is 3. The standard InChI is InChI=1S/C22H20N4O2S/c1-28-19-8-6-18(7-9-19)22-25-20(14-29-22)21(27)24-12-16-2-4-17(5-3-16)13-26-11-10-23-15-26/h2-11,14-15H,12-13H2,1H3,(H,24,27). The molecule has 0 saturated heterocycles. The fourth-order valence-corrected chi connectivity index (χ4v) is 3.68. The molecule has 2 aromatic heterocycles. The summed E-state index contributed by atoms with van der Waals surface area (Å²) >= 11 is 1.45. The zero-order chi connectivity index (χ0) is 20.1. The van der Waals surface area contributed by atoms with Crippen molar-refractivity contribution in [3.8, 4) is 16.3 Å². The van der Waals surface area contributed by atoms with Crippen LogP contribution in [0.2, 0.25) is 0 Å². The summed E-state index contributed by atoms with van der Waals surface area (Å²) in [6.07, 6.45) is 5.49. The Balaban J connectivity index is 1.34. The minimum atomic E-state index is -0.177. The molecule has 1 amide bonds. The Labute approximate surface area is 172 Å². The van der Waals surface area contributed by atoms with Crippen molar-refractivity contribution in [3.63, 3.8) is 0 Å². The lowest BCUT2D eigenvalue weighted by Crippen LogP contribution is -2.23. The van der Waals surface area contributed by atoms with Gasteiger partial charge in [0.1, 0.15) is 16.5 Å². The second-order valence-electron chi connectivity index (χ2n) is 6.50. The van der Waals surface area contributed by atoms with E-state index >= 15 is 0 Å². The maximum atomic E-state index is 12.4. The average Bonchev–Trinajstić information content (AvgIpc) is 3.45. The lowest BCUT2D eigenvalue weighted by Gasteiger charge is -2.06. The maximum absolute atomic E-state index is 12.4. The van der Waals surface area contributed by atoms with Crippen LogP contribution in [0.1, 0.15) is 21.6 Å². The van der Waals surface area contributed by atoms with E-state index in [1.165, 1.54) is 16.9 Å². The molecule has 6 nitrogen and oxygen atoms in total. The largest absolute Gasteiger partial charge is 0.497 e. The topological polar surface area (TPSA) is 69.0 Å². The Bertz CT molecular complexity index is 1070. The summed E-state index contributed by atoms with van der Waals surface area (Å²) in [5.41, 5.74) is 3.61. The van der Waals surface area contributed by atoms with Gasteiger partial charge in [0.2, 0.25) is 0 Å². The first-order valence-corrected chi connectivity index (χ1v) is 10.0. The van der Waals surface area contributed by atoms with E-state index < -0.39 is 0 Å². The predicted molar refractivity (Wildman–Crippen MR) is 113 cm³/mol. The zero-order valence-electron chi connectivity index (χ0n) is 15.9. The Hall–Kier alpha value is -3.45. The number of carbonyl (C=O) groups is 1. The van der Waals surface area contributed by atoms with Gasteiger partial charge in [-0.25, -0.2) is 9.97 Å². The van der Waals surface area contributed by atoms with E-state index in [9.17, 15) is 4.79 Å². The molecule has 2 heterocycles. The molecular weight excluding hydrogens is 384 g/mol. The molecule has 0 aliphatic rings. The second-order valence-corrected chi connectivity index (χ2v) is 7.36. The molecule has 0 radical (unpaired) electrons. The van der Waals surface area contributed by atoms with Gasteiger partial charge < -0.3 is 14.6 Å². The van der Waals surface area contributed by atoms with Crippen LogP contribution in [0.5, 0.6) is 5.75 Å². The van der Waals surface area contributed by atoms with Crippen molar-refractivity contribution in [2.24, 2.45) is 0 Å². The highest BCUT2D eigenvalue weighted by molar-refractivity contribution is 7.13. The van der Waals surface area contributed by atoms with Crippen molar-refractivity contribution in [1.29, 1.82) is 0 Å². The van der Waals surface area contributed by atoms with Gasteiger partial charge in [0.05, 0.1) is 13.4 Å². The van der Waals surface area contributed by atoms with Crippen LogP contribution in [-0.4, -0.2) is 27.6 Å². The molecule has 0 aliphatic heterocycles. The summed E-state index contributed by atoms with van der Waals surface area (Å²) in [7, 11) is 1.63. The molecule has 0 atom stereocenters. The summed E-state index contributed by atoms with van der Waals surface area (Å²) in [5.74, 6) is 0.614. The van der Waals surface area contributed by atoms with Gasteiger partial charge >= 0.3 is 0 Å². The lowest BCUT2D eigenvalue weighted by molar-refractivity contribution is 0.0946. The van der Waals surface area contributed by atoms with Gasteiger partial charge in [-0.05, 0) is 35.4 Å². The third-order valence-electron chi connectivity index (χ3n) is 4.47. The second kappa shape index (κ2) is 8.70. The van der Waals surface area contributed by atoms with Crippen molar-refractivity contribution in [1.82, 2.24) is 19.9 Å². The van der Waals surface area contributed by atoms with Gasteiger partial charge in [-0.2, -0.15) is 0 Å². The molecule has 0 bridgehead atoms. The number of nitrogens with one attached hydrogen (secondary N) is 1. The van der Waals surface area contributed by atoms with E-state index in [2.05, 4.69) is 27.4 Å². The molecule has 1 N–H and O–H groups in total. The predicted octanol–water partition coefficient (Wildman–Crippen LogP) is 3.99. The van der Waals surface area contributed by atoms with Gasteiger partial charge in [0.25, 0.3) is 5.91 Å². The van der Waals surface area contributed by atoms with Gasteiger partial charge in [-0.15, -0.1) is 11.3 Å². The summed E-state index contributed by atoms with van der Waals surface area (Å²) in [4.78, 5) is 21.0. The number of hydrogen-bond acceptors (Lipinski definition) is 5. The van der Waals surface area contributed by atoms with Crippen LogP contribution in [0, 0.1) is 0 Å². The third-order valence-corrected chi connectivity index (χ3v) is 5.37. The molecule has 7 heteroatoms. The van der Waals surface area contributed by atoms with E-state index in [1.807, 2.05) is 47.2 Å². The number of carbonyl (C=O) groups excluding carboxylic acids is 1. The Morgan fingerprint density at radius 1 is 1.10 bits per heavy atom. The van der Waals surface area contributed by atoms with E-state index in [1.54, 1.807) is 25.0 Å². The molecule has 2 aromatic carbocycles. The fraction of sp³-hybridized carbons (Fsp3) is 0.136. The van der Waals surface area contributed by atoms with Gasteiger partial charge in [0.15, 0.2) is 0 Å². The molecule has 0 saturated carbocycles. The normalized spacial score (nSPS) is 10.7. The monoisotopic (exact) mass is 404 g/mol. The number of benzene rings is 2. The molecule has 0 aliphatic carbocycles. The molecule has 4 rings (SSSR count). The number of thiazole rings is 1. The number of imidazole rings is 1. The highest BCUT2D eigenvalue weighted by atomic mass is 32.1. The number of ether oxygens (including phenoxy) is 1. The Kier molecular flexibility index (Phi) is 5.67. The van der Waals surface area contributed by atoms with Crippen LogP contribution in [0.3, 0.4) is 0 Å². The molecular formula is C22H20N4O2S. The number of rotatable bonds is 7. The third kappa shape index (κ3) is 4.70. The maximum Gasteiger partial charge on any atom is 0.271 e. The van der Waals surface area contributed by atoms with Crippen molar-refractivity contribution in [3.05, 3.63) is 89.5 Å². The van der Waals surface area contributed by atoms with E-state index in [0.717, 1.165) is 28.4 Å². The first kappa shape index (κ1) is 18.9. The van der Waals surface area contributed by atoms with Crippen LogP contribution in [0.25, 0.3) is 10.6 Å². The minimum absolute atomic E-state index is 0.177. The molecule has 4 aromatic rings. The van der Waals surface area contributed by atoms with Crippen molar-refractivity contribution >= 4 is 17.2 Å². The molecule has 0 spiro atoms. The first-order valence-electron chi connectivity index (χ1n) is 9.13. The highest BCUT2D eigenvalue weighted by Crippen LogP contribution is 2.25. The first-order chi connectivity index (χ1) is 14.2. The summed E-state index contributed by atoms with van der Waals surface area (Å²) in [6, 6.07) is 15.8. The summed E-state index contributed by atoms with van der Waals surface area (Å²) in [5, 5.41) is 5.52. The SMILES string of the molecule is COc1ccc(-c2nc(C(=O)NCc3ccc(Cn4ccnc4)cc3)cs2)cc1. The number of amides is 1. The van der Waals surface area contributed by atoms with Crippen LogP contribution in [0.15, 0.2) is 72.6 Å². The van der Waals surface area contributed by atoms with Gasteiger partial charge in [0, 0.05) is 36.4 Å². The van der Waals surface area contributed by atoms with Crippen molar-refractivity contribution in [2.75, 3.05) is 7.11 Å². The lowest BCUT2D eigenvalue weighted by atomic mass is 10.1. The summed E-state index contributed by atoms with van der Waals surface area (Å²) in [6.45, 7) is 1.24.